The Morgan fingerprint density at radius 1 is 1.14 bits per heavy atom. The molecule has 1 aromatic rings. The lowest BCUT2D eigenvalue weighted by Crippen LogP contribution is -2.16. The Bertz CT molecular complexity index is 648. The highest BCUT2D eigenvalue weighted by molar-refractivity contribution is 6.48. The zero-order chi connectivity index (χ0) is 16.7. The average molecular weight is 371 g/mol. The molecule has 1 nitrogen and oxygen atoms in total. The van der Waals surface area contributed by atoms with Gasteiger partial charge in [-0.05, 0) is 24.1 Å². The van der Waals surface area contributed by atoms with Crippen LogP contribution in [0.25, 0.3) is 0 Å². The maximum atomic E-state index is 12.9. The number of rotatable bonds is 2. The fourth-order valence-electron chi connectivity index (χ4n) is 2.35. The van der Waals surface area contributed by atoms with Crippen LogP contribution in [-0.4, -0.2) is 14.1 Å². The van der Waals surface area contributed by atoms with Crippen LogP contribution in [0.15, 0.2) is 39.4 Å². The molecule has 1 aliphatic rings. The van der Waals surface area contributed by atoms with E-state index < -0.39 is 11.7 Å². The lowest BCUT2D eigenvalue weighted by atomic mass is 9.89. The third-order valence-corrected chi connectivity index (χ3v) is 4.87. The van der Waals surface area contributed by atoms with E-state index >= 15 is 0 Å². The number of hydrogen-bond donors (Lipinski definition) is 0. The van der Waals surface area contributed by atoms with Gasteiger partial charge >= 0.3 is 6.18 Å². The lowest BCUT2D eigenvalue weighted by molar-refractivity contribution is -0.137. The van der Waals surface area contributed by atoms with E-state index in [4.69, 9.17) is 34.8 Å². The van der Waals surface area contributed by atoms with Gasteiger partial charge in [-0.1, -0.05) is 46.9 Å². The maximum absolute atomic E-state index is 12.9. The quantitative estimate of drug-likeness (QED) is 0.610. The number of halogens is 6. The molecule has 1 atom stereocenters. The molecule has 0 saturated carbocycles. The molecule has 0 heterocycles. The summed E-state index contributed by atoms with van der Waals surface area (Å²) < 4.78 is 38.7. The highest BCUT2D eigenvalue weighted by Crippen LogP contribution is 2.45. The summed E-state index contributed by atoms with van der Waals surface area (Å²) >= 11 is 18.2. The molecule has 0 saturated heterocycles. The molecule has 7 heteroatoms. The summed E-state index contributed by atoms with van der Waals surface area (Å²) in [7, 11) is 3.37. The van der Waals surface area contributed by atoms with E-state index in [-0.39, 0.29) is 11.0 Å². The first-order valence-corrected chi connectivity index (χ1v) is 7.56. The molecular formula is C15H13Cl3F3N. The monoisotopic (exact) mass is 369 g/mol. The predicted molar refractivity (Wildman–Crippen MR) is 85.8 cm³/mol. The zero-order valence-corrected chi connectivity index (χ0v) is 14.1. The SMILES string of the molecule is CN(C)c1cc(C(F)(F)F)ccc1C1CC=C(Cl)C(Cl)=C1Cl. The van der Waals surface area contributed by atoms with Crippen molar-refractivity contribution in [3.8, 4) is 0 Å². The maximum Gasteiger partial charge on any atom is 0.416 e. The average Bonchev–Trinajstić information content (AvgIpc) is 2.43. The summed E-state index contributed by atoms with van der Waals surface area (Å²) in [5.74, 6) is -0.309. The fraction of sp³-hybridized carbons (Fsp3) is 0.333. The lowest BCUT2D eigenvalue weighted by Gasteiger charge is -2.27. The molecule has 0 amide bonds. The van der Waals surface area contributed by atoms with E-state index in [1.54, 1.807) is 25.1 Å². The van der Waals surface area contributed by atoms with Gasteiger partial charge in [0.05, 0.1) is 15.6 Å². The second kappa shape index (κ2) is 6.34. The molecule has 0 aromatic heterocycles. The van der Waals surface area contributed by atoms with Crippen LogP contribution in [-0.2, 0) is 6.18 Å². The highest BCUT2D eigenvalue weighted by Gasteiger charge is 2.33. The minimum atomic E-state index is -4.39. The van der Waals surface area contributed by atoms with E-state index in [0.29, 0.717) is 27.7 Å². The molecule has 1 aromatic carbocycles. The van der Waals surface area contributed by atoms with Gasteiger partial charge in [0.25, 0.3) is 0 Å². The second-order valence-corrected chi connectivity index (χ2v) is 6.36. The molecule has 0 spiro atoms. The van der Waals surface area contributed by atoms with Crippen LogP contribution in [0.4, 0.5) is 18.9 Å². The van der Waals surface area contributed by atoms with Gasteiger partial charge in [0, 0.05) is 30.7 Å². The van der Waals surface area contributed by atoms with Crippen molar-refractivity contribution in [3.05, 3.63) is 50.5 Å². The van der Waals surface area contributed by atoms with Crippen molar-refractivity contribution in [3.63, 3.8) is 0 Å². The summed E-state index contributed by atoms with van der Waals surface area (Å²) in [4.78, 5) is 1.63. The number of nitrogens with zero attached hydrogens (tertiary/aromatic N) is 1. The van der Waals surface area contributed by atoms with Crippen LogP contribution in [0.1, 0.15) is 23.5 Å². The number of benzene rings is 1. The largest absolute Gasteiger partial charge is 0.416 e. The summed E-state index contributed by atoms with van der Waals surface area (Å²) in [5.41, 5.74) is 0.436. The van der Waals surface area contributed by atoms with Crippen molar-refractivity contribution >= 4 is 40.5 Å². The Kier molecular flexibility index (Phi) is 5.05. The van der Waals surface area contributed by atoms with E-state index in [1.807, 2.05) is 0 Å². The third-order valence-electron chi connectivity index (χ3n) is 3.47. The molecule has 0 radical (unpaired) electrons. The van der Waals surface area contributed by atoms with Crippen LogP contribution in [0.5, 0.6) is 0 Å². The summed E-state index contributed by atoms with van der Waals surface area (Å²) in [6.45, 7) is 0. The summed E-state index contributed by atoms with van der Waals surface area (Å²) in [6, 6.07) is 3.62. The van der Waals surface area contributed by atoms with Gasteiger partial charge in [0.2, 0.25) is 0 Å². The Morgan fingerprint density at radius 2 is 1.77 bits per heavy atom. The molecule has 0 bridgehead atoms. The van der Waals surface area contributed by atoms with Gasteiger partial charge in [-0.2, -0.15) is 13.2 Å². The normalized spacial score (nSPS) is 19.3. The Balaban J connectivity index is 2.53. The van der Waals surface area contributed by atoms with Crippen molar-refractivity contribution in [2.75, 3.05) is 19.0 Å². The van der Waals surface area contributed by atoms with Crippen molar-refractivity contribution in [2.24, 2.45) is 0 Å². The van der Waals surface area contributed by atoms with Crippen LogP contribution >= 0.6 is 34.8 Å². The fourth-order valence-corrected chi connectivity index (χ4v) is 3.10. The number of allylic oxidation sites excluding steroid dienone is 4. The van der Waals surface area contributed by atoms with Gasteiger partial charge in [0.15, 0.2) is 0 Å². The third kappa shape index (κ3) is 3.39. The summed E-state index contributed by atoms with van der Waals surface area (Å²) in [6.07, 6.45) is -2.19. The van der Waals surface area contributed by atoms with Crippen LogP contribution in [0, 0.1) is 0 Å². The minimum absolute atomic E-state index is 0.240. The van der Waals surface area contributed by atoms with Gasteiger partial charge in [-0.3, -0.25) is 0 Å². The first kappa shape index (κ1) is 17.5. The van der Waals surface area contributed by atoms with Gasteiger partial charge < -0.3 is 4.90 Å². The Morgan fingerprint density at radius 3 is 2.32 bits per heavy atom. The Hall–Kier alpha value is -0.840. The summed E-state index contributed by atoms with van der Waals surface area (Å²) in [5, 5.41) is 0.947. The molecule has 1 aliphatic carbocycles. The highest BCUT2D eigenvalue weighted by atomic mass is 35.5. The predicted octanol–water partition coefficient (Wildman–Crippen LogP) is 6.07. The van der Waals surface area contributed by atoms with E-state index in [0.717, 1.165) is 12.1 Å². The number of hydrogen-bond acceptors (Lipinski definition) is 1. The van der Waals surface area contributed by atoms with Crippen molar-refractivity contribution in [2.45, 2.75) is 18.5 Å². The van der Waals surface area contributed by atoms with Crippen molar-refractivity contribution in [1.82, 2.24) is 0 Å². The molecular weight excluding hydrogens is 358 g/mol. The van der Waals surface area contributed by atoms with Gasteiger partial charge in [0.1, 0.15) is 0 Å². The van der Waals surface area contributed by atoms with Crippen LogP contribution < -0.4 is 4.90 Å². The minimum Gasteiger partial charge on any atom is -0.377 e. The topological polar surface area (TPSA) is 3.24 Å². The molecule has 2 rings (SSSR count). The molecule has 0 aliphatic heterocycles. The van der Waals surface area contributed by atoms with Gasteiger partial charge in [-0.15, -0.1) is 0 Å². The molecule has 22 heavy (non-hydrogen) atoms. The smallest absolute Gasteiger partial charge is 0.377 e. The van der Waals surface area contributed by atoms with Crippen molar-refractivity contribution < 1.29 is 13.2 Å². The van der Waals surface area contributed by atoms with E-state index in [2.05, 4.69) is 0 Å². The van der Waals surface area contributed by atoms with Crippen molar-refractivity contribution in [1.29, 1.82) is 0 Å². The first-order valence-electron chi connectivity index (χ1n) is 6.42. The first-order chi connectivity index (χ1) is 10.1. The Labute approximate surface area is 141 Å². The van der Waals surface area contributed by atoms with Crippen LogP contribution in [0.2, 0.25) is 0 Å². The van der Waals surface area contributed by atoms with E-state index in [9.17, 15) is 13.2 Å². The van der Waals surface area contributed by atoms with Crippen LogP contribution in [0.3, 0.4) is 0 Å². The number of alkyl halides is 3. The number of anilines is 1. The molecule has 0 N–H and O–H groups in total. The molecule has 120 valence electrons. The van der Waals surface area contributed by atoms with E-state index in [1.165, 1.54) is 6.07 Å². The molecule has 0 fully saturated rings. The zero-order valence-electron chi connectivity index (χ0n) is 11.8. The standard InChI is InChI=1S/C15H13Cl3F3N/c1-22(2)12-7-8(15(19,20)21)3-4-9(12)10-5-6-11(16)14(18)13(10)17/h3-4,6-7,10H,5H2,1-2H3. The van der Waals surface area contributed by atoms with Gasteiger partial charge in [-0.25, -0.2) is 0 Å². The second-order valence-electron chi connectivity index (χ2n) is 5.17. The molecule has 1 unspecified atom stereocenters.